The number of likely N-dealkylation sites (N-methyl/N-ethyl adjacent to an activating group) is 1. The first-order valence-corrected chi connectivity index (χ1v) is 11.9. The number of benzene rings is 2. The second kappa shape index (κ2) is 8.86. The highest BCUT2D eigenvalue weighted by molar-refractivity contribution is 6.37. The van der Waals surface area contributed by atoms with Crippen molar-refractivity contribution in [2.24, 2.45) is 5.92 Å². The van der Waals surface area contributed by atoms with E-state index in [9.17, 15) is 15.0 Å². The minimum atomic E-state index is -1.21. The molecule has 0 radical (unpaired) electrons. The Labute approximate surface area is 215 Å². The summed E-state index contributed by atoms with van der Waals surface area (Å²) < 4.78 is 1.39. The van der Waals surface area contributed by atoms with Gasteiger partial charge in [0, 0.05) is 34.4 Å². The van der Waals surface area contributed by atoms with Crippen molar-refractivity contribution in [3.8, 4) is 5.69 Å². The molecule has 0 spiro atoms. The van der Waals surface area contributed by atoms with Crippen LogP contribution >= 0.6 is 23.2 Å². The lowest BCUT2D eigenvalue weighted by atomic mass is 9.65. The van der Waals surface area contributed by atoms with Crippen molar-refractivity contribution < 1.29 is 10.2 Å². The molecule has 1 aliphatic carbocycles. The van der Waals surface area contributed by atoms with E-state index in [1.807, 2.05) is 50.1 Å². The van der Waals surface area contributed by atoms with Crippen molar-refractivity contribution in [1.82, 2.24) is 9.78 Å². The van der Waals surface area contributed by atoms with E-state index in [4.69, 9.17) is 23.2 Å². The van der Waals surface area contributed by atoms with Crippen LogP contribution in [0.3, 0.4) is 0 Å². The zero-order valence-electron chi connectivity index (χ0n) is 19.3. The number of aryl methyl sites for hydroxylation is 1. The average molecular weight is 514 g/mol. The molecular formula is C27H29Cl2N3O3-2. The summed E-state index contributed by atoms with van der Waals surface area (Å²) in [5, 5.41) is 30.8. The molecule has 0 amide bonds. The van der Waals surface area contributed by atoms with Gasteiger partial charge in [-0.15, -0.1) is 12.2 Å². The van der Waals surface area contributed by atoms with E-state index >= 15 is 0 Å². The highest BCUT2D eigenvalue weighted by atomic mass is 35.5. The highest BCUT2D eigenvalue weighted by Crippen LogP contribution is 2.52. The summed E-state index contributed by atoms with van der Waals surface area (Å²) in [4.78, 5) is 15.1. The second-order valence-corrected chi connectivity index (χ2v) is 10.5. The molecular weight excluding hydrogens is 485 g/mol. The van der Waals surface area contributed by atoms with Crippen molar-refractivity contribution >= 4 is 28.9 Å². The van der Waals surface area contributed by atoms with Crippen molar-refractivity contribution in [2.45, 2.75) is 51.7 Å². The van der Waals surface area contributed by atoms with Crippen LogP contribution in [0.5, 0.6) is 0 Å². The number of para-hydroxylation sites is 1. The van der Waals surface area contributed by atoms with E-state index in [0.29, 0.717) is 21.4 Å². The van der Waals surface area contributed by atoms with E-state index in [-0.39, 0.29) is 18.5 Å². The van der Waals surface area contributed by atoms with Crippen molar-refractivity contribution in [1.29, 1.82) is 0 Å². The Kier molecular flexibility index (Phi) is 6.47. The number of fused-ring (bicyclic) bond motifs is 1. The summed E-state index contributed by atoms with van der Waals surface area (Å²) in [6.45, 7) is 5.79. The molecule has 1 aliphatic heterocycles. The quantitative estimate of drug-likeness (QED) is 0.575. The summed E-state index contributed by atoms with van der Waals surface area (Å²) in [5.74, 6) is -1.64. The predicted octanol–water partition coefficient (Wildman–Crippen LogP) is 3.90. The molecule has 35 heavy (non-hydrogen) atoms. The monoisotopic (exact) mass is 513 g/mol. The molecule has 6 nitrogen and oxygen atoms in total. The van der Waals surface area contributed by atoms with E-state index in [1.54, 1.807) is 31.2 Å². The number of nitrogens with one attached hydrogen (secondary N) is 1. The maximum atomic E-state index is 13.3. The van der Waals surface area contributed by atoms with Crippen LogP contribution in [0.25, 0.3) is 5.69 Å². The zero-order chi connectivity index (χ0) is 24.5. The molecule has 2 atom stereocenters. The van der Waals surface area contributed by atoms with Gasteiger partial charge in [-0.05, 0) is 48.6 Å². The van der Waals surface area contributed by atoms with Crippen LogP contribution in [0.2, 0.25) is 10.0 Å². The molecule has 8 heteroatoms. The van der Waals surface area contributed by atoms with Crippen LogP contribution in [0.1, 0.15) is 44.0 Å². The first-order chi connectivity index (χ1) is 16.0. The Balaban J connectivity index is 0.00000289. The molecule has 0 saturated heterocycles. The number of aromatic amines is 1. The van der Waals surface area contributed by atoms with Crippen LogP contribution in [0.4, 0.5) is 5.69 Å². The highest BCUT2D eigenvalue weighted by Gasteiger charge is 2.44. The van der Waals surface area contributed by atoms with Gasteiger partial charge in [0.2, 0.25) is 0 Å². The van der Waals surface area contributed by atoms with E-state index in [0.717, 1.165) is 16.9 Å². The third-order valence-corrected chi connectivity index (χ3v) is 7.83. The molecule has 186 valence electrons. The number of hydrogen-bond acceptors (Lipinski definition) is 4. The molecule has 0 bridgehead atoms. The largest absolute Gasteiger partial charge is 0.851 e. The van der Waals surface area contributed by atoms with Crippen LogP contribution in [0.15, 0.2) is 59.0 Å². The van der Waals surface area contributed by atoms with Gasteiger partial charge in [-0.2, -0.15) is 0 Å². The Hall–Kier alpha value is -2.51. The lowest BCUT2D eigenvalue weighted by Crippen LogP contribution is -2.65. The summed E-state index contributed by atoms with van der Waals surface area (Å²) in [6.07, 6.45) is -0.643. The fourth-order valence-corrected chi connectivity index (χ4v) is 6.12. The summed E-state index contributed by atoms with van der Waals surface area (Å²) in [7, 11) is 1.88. The standard InChI is InChI=1S/C26H25Cl2N3O3.CH4/c1-13-20(25(34)31(29-13)15-8-6-5-7-9-15)21-23(32)16(24(21)33)12-19-26(2,3)17-10-14(27)11-18(28)22(17)30(19)4;/h5-12,16,21,23-24,29H,1-4H3;1H4/q-2;. The maximum absolute atomic E-state index is 13.3. The van der Waals surface area contributed by atoms with Gasteiger partial charge in [0.25, 0.3) is 5.56 Å². The first-order valence-electron chi connectivity index (χ1n) is 11.2. The maximum Gasteiger partial charge on any atom is 0.274 e. The second-order valence-electron chi connectivity index (χ2n) is 9.68. The molecule has 5 rings (SSSR count). The number of rotatable bonds is 3. The number of hydrogen-bond donors (Lipinski definition) is 1. The predicted molar refractivity (Wildman–Crippen MR) is 138 cm³/mol. The van der Waals surface area contributed by atoms with Gasteiger partial charge >= 0.3 is 0 Å². The minimum absolute atomic E-state index is 0. The third kappa shape index (κ3) is 3.75. The summed E-state index contributed by atoms with van der Waals surface area (Å²) in [5.41, 5.74) is 3.30. The van der Waals surface area contributed by atoms with Gasteiger partial charge in [-0.3, -0.25) is 9.89 Å². The zero-order valence-corrected chi connectivity index (χ0v) is 20.8. The third-order valence-electron chi connectivity index (χ3n) is 7.32. The summed E-state index contributed by atoms with van der Waals surface area (Å²) >= 11 is 12.7. The van der Waals surface area contributed by atoms with Crippen LogP contribution < -0.4 is 20.7 Å². The number of halogens is 2. The van der Waals surface area contributed by atoms with Crippen LogP contribution in [0, 0.1) is 12.8 Å². The molecule has 3 aromatic rings. The first kappa shape index (κ1) is 25.6. The van der Waals surface area contributed by atoms with Gasteiger partial charge < -0.3 is 15.1 Å². The number of H-pyrrole nitrogens is 1. The Bertz CT molecular complexity index is 1350. The van der Waals surface area contributed by atoms with Gasteiger partial charge in [0.1, 0.15) is 0 Å². The number of anilines is 1. The normalized spacial score (nSPS) is 25.8. The Morgan fingerprint density at radius 2 is 1.71 bits per heavy atom. The van der Waals surface area contributed by atoms with E-state index in [2.05, 4.69) is 5.10 Å². The van der Waals surface area contributed by atoms with Crippen molar-refractivity contribution in [3.05, 3.63) is 91.5 Å². The van der Waals surface area contributed by atoms with E-state index in [1.165, 1.54) is 4.68 Å². The molecule has 2 unspecified atom stereocenters. The molecule has 1 aromatic heterocycles. The van der Waals surface area contributed by atoms with E-state index < -0.39 is 29.5 Å². The fraction of sp³-hybridized carbons (Fsp3) is 0.370. The molecule has 1 fully saturated rings. The average Bonchev–Trinajstić information content (AvgIpc) is 3.17. The smallest absolute Gasteiger partial charge is 0.274 e. The topological polar surface area (TPSA) is 87.1 Å². The lowest BCUT2D eigenvalue weighted by molar-refractivity contribution is -0.543. The van der Waals surface area contributed by atoms with Gasteiger partial charge in [-0.25, -0.2) is 4.68 Å². The lowest BCUT2D eigenvalue weighted by Gasteiger charge is -2.60. The molecule has 2 aliphatic rings. The number of nitrogens with zero attached hydrogens (tertiary/aromatic N) is 2. The van der Waals surface area contributed by atoms with Crippen LogP contribution in [-0.2, 0) is 5.41 Å². The molecule has 2 aromatic carbocycles. The van der Waals surface area contributed by atoms with Gasteiger partial charge in [-0.1, -0.05) is 68.8 Å². The van der Waals surface area contributed by atoms with Gasteiger partial charge in [0.15, 0.2) is 0 Å². The fourth-order valence-electron chi connectivity index (χ4n) is 5.50. The SMILES string of the molecule is C.Cc1[nH]n(-c2ccccc2)c(=O)c1C1C([O-])C(C=C2N(C)c3c(Cl)cc(Cl)cc3C2(C)C)C1[O-]. The Morgan fingerprint density at radius 3 is 2.34 bits per heavy atom. The summed E-state index contributed by atoms with van der Waals surface area (Å²) in [6, 6.07) is 12.7. The molecule has 1 N–H and O–H groups in total. The van der Waals surface area contributed by atoms with Crippen molar-refractivity contribution in [2.75, 3.05) is 11.9 Å². The number of allylic oxidation sites excluding steroid dienone is 1. The molecule has 1 saturated carbocycles. The minimum Gasteiger partial charge on any atom is -0.851 e. The van der Waals surface area contributed by atoms with Gasteiger partial charge in [0.05, 0.1) is 16.4 Å². The molecule has 2 heterocycles. The Morgan fingerprint density at radius 1 is 1.09 bits per heavy atom. The van der Waals surface area contributed by atoms with Crippen molar-refractivity contribution in [3.63, 3.8) is 0 Å². The number of aromatic nitrogens is 2. The van der Waals surface area contributed by atoms with Crippen LogP contribution in [-0.4, -0.2) is 29.0 Å².